The number of aromatic nitrogens is 1. The largest absolute Gasteiger partial charge is 0.305 e. The summed E-state index contributed by atoms with van der Waals surface area (Å²) >= 11 is 7.04. The molecule has 0 fully saturated rings. The fourth-order valence-electron chi connectivity index (χ4n) is 1.04. The molecule has 8 heteroatoms. The van der Waals surface area contributed by atoms with E-state index in [1.165, 1.54) is 0 Å². The van der Waals surface area contributed by atoms with E-state index >= 15 is 0 Å². The smallest absolute Gasteiger partial charge is 0.258 e. The highest BCUT2D eigenvalue weighted by molar-refractivity contribution is 14.1. The Morgan fingerprint density at radius 3 is 2.67 bits per heavy atom. The third-order valence-corrected chi connectivity index (χ3v) is 2.75. The van der Waals surface area contributed by atoms with Crippen LogP contribution in [-0.4, -0.2) is 9.91 Å². The maximum atomic E-state index is 12.5. The van der Waals surface area contributed by atoms with E-state index < -0.39 is 22.6 Å². The van der Waals surface area contributed by atoms with E-state index in [0.29, 0.717) is 0 Å². The molecule has 0 unspecified atom stereocenters. The van der Waals surface area contributed by atoms with E-state index in [0.717, 1.165) is 6.20 Å². The lowest BCUT2D eigenvalue weighted by molar-refractivity contribution is -0.386. The van der Waals surface area contributed by atoms with E-state index in [4.69, 9.17) is 11.6 Å². The normalized spacial score (nSPS) is 10.7. The van der Waals surface area contributed by atoms with Crippen molar-refractivity contribution in [2.75, 3.05) is 0 Å². The summed E-state index contributed by atoms with van der Waals surface area (Å²) in [5, 5.41) is 10.6. The van der Waals surface area contributed by atoms with Crippen LogP contribution in [-0.2, 0) is 5.88 Å². The molecule has 0 spiro atoms. The number of alkyl halides is 3. The monoisotopic (exact) mass is 348 g/mol. The van der Waals surface area contributed by atoms with Gasteiger partial charge in [-0.3, -0.25) is 10.1 Å². The van der Waals surface area contributed by atoms with Crippen molar-refractivity contribution in [2.45, 2.75) is 12.3 Å². The van der Waals surface area contributed by atoms with Gasteiger partial charge in [-0.25, -0.2) is 13.8 Å². The van der Waals surface area contributed by atoms with Crippen LogP contribution in [0.2, 0.25) is 0 Å². The van der Waals surface area contributed by atoms with Crippen LogP contribution in [0.3, 0.4) is 0 Å². The molecule has 0 aliphatic carbocycles. The van der Waals surface area contributed by atoms with Gasteiger partial charge in [-0.1, -0.05) is 0 Å². The summed E-state index contributed by atoms with van der Waals surface area (Å²) < 4.78 is 25.0. The van der Waals surface area contributed by atoms with Crippen molar-refractivity contribution in [3.05, 3.63) is 31.1 Å². The van der Waals surface area contributed by atoms with Crippen molar-refractivity contribution in [1.82, 2.24) is 4.98 Å². The molecule has 0 radical (unpaired) electrons. The summed E-state index contributed by atoms with van der Waals surface area (Å²) in [6, 6.07) is 0. The highest BCUT2D eigenvalue weighted by Gasteiger charge is 2.26. The minimum absolute atomic E-state index is 0.0534. The van der Waals surface area contributed by atoms with Crippen LogP contribution < -0.4 is 0 Å². The molecule has 1 rings (SSSR count). The first-order chi connectivity index (χ1) is 6.99. The predicted molar refractivity (Wildman–Crippen MR) is 58.1 cm³/mol. The third kappa shape index (κ3) is 2.51. The summed E-state index contributed by atoms with van der Waals surface area (Å²) in [7, 11) is 0. The molecule has 0 atom stereocenters. The molecule has 1 aromatic rings. The predicted octanol–water partition coefficient (Wildman–Crippen LogP) is 3.27. The first-order valence-electron chi connectivity index (χ1n) is 3.64. The Morgan fingerprint density at radius 1 is 1.67 bits per heavy atom. The Morgan fingerprint density at radius 2 is 2.27 bits per heavy atom. The number of nitro groups is 1. The van der Waals surface area contributed by atoms with Crippen molar-refractivity contribution in [1.29, 1.82) is 0 Å². The van der Waals surface area contributed by atoms with Crippen molar-refractivity contribution >= 4 is 39.9 Å². The van der Waals surface area contributed by atoms with Crippen LogP contribution in [0, 0.1) is 13.8 Å². The Bertz CT molecular complexity index is 403. The van der Waals surface area contributed by atoms with Gasteiger partial charge in [0.15, 0.2) is 3.70 Å². The zero-order chi connectivity index (χ0) is 11.6. The molecule has 0 saturated carbocycles. The molecule has 1 heterocycles. The lowest BCUT2D eigenvalue weighted by Gasteiger charge is -2.06. The summed E-state index contributed by atoms with van der Waals surface area (Å²) in [5.41, 5.74) is -1.10. The maximum Gasteiger partial charge on any atom is 0.305 e. The fraction of sp³-hybridized carbons (Fsp3) is 0.286. The molecule has 0 saturated heterocycles. The number of hydrogen-bond acceptors (Lipinski definition) is 3. The molecule has 4 nitrogen and oxygen atoms in total. The van der Waals surface area contributed by atoms with Gasteiger partial charge in [-0.15, -0.1) is 11.6 Å². The fourth-order valence-corrected chi connectivity index (χ4v) is 1.98. The summed E-state index contributed by atoms with van der Waals surface area (Å²) in [5.74, 6) is -0.339. The lowest BCUT2D eigenvalue weighted by atomic mass is 10.1. The number of pyridine rings is 1. The second-order valence-corrected chi connectivity index (χ2v) is 3.81. The lowest BCUT2D eigenvalue weighted by Crippen LogP contribution is -2.04. The van der Waals surface area contributed by atoms with E-state index in [-0.39, 0.29) is 15.1 Å². The number of nitrogens with zero attached hydrogens (tertiary/aromatic N) is 2. The second kappa shape index (κ2) is 4.97. The Hall–Kier alpha value is -0.570. The highest BCUT2D eigenvalue weighted by atomic mass is 127. The van der Waals surface area contributed by atoms with Gasteiger partial charge in [0.1, 0.15) is 0 Å². The Balaban J connectivity index is 3.47. The second-order valence-electron chi connectivity index (χ2n) is 2.52. The average molecular weight is 348 g/mol. The number of halogens is 4. The van der Waals surface area contributed by atoms with Crippen LogP contribution in [0.4, 0.5) is 14.5 Å². The van der Waals surface area contributed by atoms with Crippen LogP contribution >= 0.6 is 34.2 Å². The van der Waals surface area contributed by atoms with Gasteiger partial charge in [0.2, 0.25) is 0 Å². The molecule has 0 amide bonds. The van der Waals surface area contributed by atoms with Gasteiger partial charge >= 0.3 is 5.69 Å². The molecule has 82 valence electrons. The Labute approximate surface area is 102 Å². The first-order valence-corrected chi connectivity index (χ1v) is 5.26. The maximum absolute atomic E-state index is 12.5. The Kier molecular flexibility index (Phi) is 4.14. The molecule has 0 bridgehead atoms. The average Bonchev–Trinajstić information content (AvgIpc) is 2.15. The van der Waals surface area contributed by atoms with Crippen LogP contribution in [0.25, 0.3) is 0 Å². The SMILES string of the molecule is O=[N+]([O-])c1c(I)ncc(C(F)F)c1CCl. The van der Waals surface area contributed by atoms with Crippen molar-refractivity contribution < 1.29 is 13.7 Å². The molecule has 1 aromatic heterocycles. The van der Waals surface area contributed by atoms with Crippen molar-refractivity contribution in [2.24, 2.45) is 0 Å². The number of hydrogen-bond donors (Lipinski definition) is 0. The van der Waals surface area contributed by atoms with E-state index in [1.807, 2.05) is 0 Å². The quantitative estimate of drug-likeness (QED) is 0.277. The molecular formula is C7H4ClF2IN2O2. The standard InChI is InChI=1S/C7H4ClF2IN2O2/c8-1-3-4(6(9)10)2-12-7(11)5(3)13(14)15/h2,6H,1H2. The first kappa shape index (κ1) is 12.5. The minimum atomic E-state index is -2.82. The van der Waals surface area contributed by atoms with E-state index in [1.54, 1.807) is 22.6 Å². The zero-order valence-electron chi connectivity index (χ0n) is 7.08. The van der Waals surface area contributed by atoms with Gasteiger partial charge in [-0.2, -0.15) is 0 Å². The zero-order valence-corrected chi connectivity index (χ0v) is 10.00. The topological polar surface area (TPSA) is 56.0 Å². The van der Waals surface area contributed by atoms with Gasteiger partial charge < -0.3 is 0 Å². The third-order valence-electron chi connectivity index (χ3n) is 1.70. The van der Waals surface area contributed by atoms with Crippen molar-refractivity contribution in [3.63, 3.8) is 0 Å². The van der Waals surface area contributed by atoms with Gasteiger partial charge in [-0.05, 0) is 22.6 Å². The molecule has 15 heavy (non-hydrogen) atoms. The van der Waals surface area contributed by atoms with E-state index in [9.17, 15) is 18.9 Å². The molecule has 0 N–H and O–H groups in total. The molecular weight excluding hydrogens is 344 g/mol. The molecule has 0 aliphatic heterocycles. The van der Waals surface area contributed by atoms with Crippen LogP contribution in [0.1, 0.15) is 17.6 Å². The summed E-state index contributed by atoms with van der Waals surface area (Å²) in [6.07, 6.45) is -1.90. The van der Waals surface area contributed by atoms with Gasteiger partial charge in [0, 0.05) is 11.8 Å². The molecule has 0 aliphatic rings. The summed E-state index contributed by atoms with van der Waals surface area (Å²) in [4.78, 5) is 13.4. The van der Waals surface area contributed by atoms with Crippen molar-refractivity contribution in [3.8, 4) is 0 Å². The van der Waals surface area contributed by atoms with Crippen LogP contribution in [0.15, 0.2) is 6.20 Å². The highest BCUT2D eigenvalue weighted by Crippen LogP contribution is 2.32. The van der Waals surface area contributed by atoms with E-state index in [2.05, 4.69) is 4.98 Å². The van der Waals surface area contributed by atoms with Crippen LogP contribution in [0.5, 0.6) is 0 Å². The minimum Gasteiger partial charge on any atom is -0.258 e. The summed E-state index contributed by atoms with van der Waals surface area (Å²) in [6.45, 7) is 0. The van der Waals surface area contributed by atoms with Gasteiger partial charge in [0.25, 0.3) is 6.43 Å². The van der Waals surface area contributed by atoms with Gasteiger partial charge in [0.05, 0.1) is 16.4 Å². The number of rotatable bonds is 3. The molecule has 0 aromatic carbocycles.